The second-order valence-electron chi connectivity index (χ2n) is 12.4. The van der Waals surface area contributed by atoms with E-state index in [1.807, 2.05) is 0 Å². The topological polar surface area (TPSA) is 176 Å². The molecule has 14 heteroatoms. The van der Waals surface area contributed by atoms with E-state index in [1.54, 1.807) is 48.5 Å². The number of carbonyl (C=O) groups is 6. The van der Waals surface area contributed by atoms with E-state index < -0.39 is 60.2 Å². The van der Waals surface area contributed by atoms with Crippen LogP contribution in [0.2, 0.25) is 0 Å². The number of carbonyl (C=O) groups excluding carboxylic acids is 6. The molecule has 294 valence electrons. The molecule has 2 saturated heterocycles. The zero-order chi connectivity index (χ0) is 41.0. The maximum Gasteiger partial charge on any atom is 0.338 e. The Morgan fingerprint density at radius 3 is 1.09 bits per heavy atom. The lowest BCUT2D eigenvalue weighted by Gasteiger charge is -2.17. The normalized spacial score (nSPS) is 18.1. The number of benzene rings is 4. The van der Waals surface area contributed by atoms with Gasteiger partial charge in [0.2, 0.25) is 0 Å². The third-order valence-electron chi connectivity index (χ3n) is 8.45. The Morgan fingerprint density at radius 1 is 0.466 bits per heavy atom. The van der Waals surface area contributed by atoms with Crippen molar-refractivity contribution >= 4 is 48.0 Å². The molecule has 0 aliphatic carbocycles. The van der Waals surface area contributed by atoms with Gasteiger partial charge in [0, 0.05) is 24.3 Å². The molecular weight excluding hydrogens is 752 g/mol. The van der Waals surface area contributed by atoms with Crippen molar-refractivity contribution in [3.63, 3.8) is 0 Å². The van der Waals surface area contributed by atoms with Crippen molar-refractivity contribution in [1.29, 1.82) is 0 Å². The quantitative estimate of drug-likeness (QED) is 0.0870. The first-order valence-corrected chi connectivity index (χ1v) is 17.6. The van der Waals surface area contributed by atoms with Gasteiger partial charge in [0.1, 0.15) is 35.2 Å². The van der Waals surface area contributed by atoms with Gasteiger partial charge in [-0.3, -0.25) is 0 Å². The minimum absolute atomic E-state index is 0.0423. The lowest BCUT2D eigenvalue weighted by Crippen LogP contribution is -2.36. The smallest absolute Gasteiger partial charge is 0.338 e. The first kappa shape index (κ1) is 40.2. The number of hydrogen-bond acceptors (Lipinski definition) is 14. The molecular formula is C44H34O14. The molecule has 4 aromatic rings. The van der Waals surface area contributed by atoms with Crippen LogP contribution < -0.4 is 18.9 Å². The van der Waals surface area contributed by atoms with Crippen LogP contribution in [0.1, 0.15) is 31.8 Å². The Labute approximate surface area is 331 Å². The molecule has 2 aliphatic rings. The van der Waals surface area contributed by atoms with Gasteiger partial charge in [-0.05, 0) is 96.1 Å². The molecule has 0 saturated carbocycles. The van der Waals surface area contributed by atoms with Gasteiger partial charge in [-0.15, -0.1) is 0 Å². The van der Waals surface area contributed by atoms with Crippen molar-refractivity contribution < 1.29 is 66.7 Å². The van der Waals surface area contributed by atoms with Crippen LogP contribution >= 0.6 is 0 Å². The number of fused-ring (bicyclic) bond motifs is 1. The van der Waals surface area contributed by atoms with E-state index in [9.17, 15) is 28.8 Å². The number of ether oxygens (including phenoxy) is 8. The van der Waals surface area contributed by atoms with E-state index in [2.05, 4.69) is 13.2 Å². The first-order chi connectivity index (χ1) is 28.1. The van der Waals surface area contributed by atoms with Crippen molar-refractivity contribution in [2.45, 2.75) is 24.4 Å². The summed E-state index contributed by atoms with van der Waals surface area (Å²) in [6.45, 7) is 6.74. The molecule has 0 radical (unpaired) electrons. The highest BCUT2D eigenvalue weighted by molar-refractivity contribution is 5.92. The zero-order valence-corrected chi connectivity index (χ0v) is 30.6. The highest BCUT2D eigenvalue weighted by atomic mass is 16.7. The van der Waals surface area contributed by atoms with Crippen molar-refractivity contribution in [3.8, 4) is 23.0 Å². The fraction of sp³-hybridized carbons (Fsp3) is 0.136. The second-order valence-corrected chi connectivity index (χ2v) is 12.4. The molecule has 0 amide bonds. The second kappa shape index (κ2) is 18.9. The van der Waals surface area contributed by atoms with E-state index in [0.717, 1.165) is 12.2 Å². The van der Waals surface area contributed by atoms with Gasteiger partial charge in [-0.25, -0.2) is 28.8 Å². The zero-order valence-electron chi connectivity index (χ0n) is 30.6. The van der Waals surface area contributed by atoms with E-state index in [-0.39, 0.29) is 47.3 Å². The minimum Gasteiger partial charge on any atom is -0.453 e. The molecule has 14 nitrogen and oxygen atoms in total. The van der Waals surface area contributed by atoms with Crippen LogP contribution in [0.4, 0.5) is 0 Å². The van der Waals surface area contributed by atoms with Gasteiger partial charge in [0.05, 0.1) is 24.3 Å². The van der Waals surface area contributed by atoms with Crippen molar-refractivity contribution in [2.24, 2.45) is 0 Å². The van der Waals surface area contributed by atoms with Crippen molar-refractivity contribution in [3.05, 3.63) is 157 Å². The maximum atomic E-state index is 13.0. The summed E-state index contributed by atoms with van der Waals surface area (Å²) in [6, 6.07) is 24.5. The maximum absolute atomic E-state index is 13.0. The molecule has 2 aliphatic heterocycles. The predicted molar refractivity (Wildman–Crippen MR) is 205 cm³/mol. The summed E-state index contributed by atoms with van der Waals surface area (Å²) in [4.78, 5) is 73.1. The van der Waals surface area contributed by atoms with Crippen LogP contribution in [0, 0.1) is 0 Å². The molecule has 0 N–H and O–H groups in total. The molecule has 0 spiro atoms. The van der Waals surface area contributed by atoms with Crippen LogP contribution in [0.3, 0.4) is 0 Å². The monoisotopic (exact) mass is 786 g/mol. The third-order valence-corrected chi connectivity index (χ3v) is 8.45. The Hall–Kier alpha value is -7.42. The van der Waals surface area contributed by atoms with E-state index >= 15 is 0 Å². The summed E-state index contributed by atoms with van der Waals surface area (Å²) < 4.78 is 43.5. The number of hydrogen-bond donors (Lipinski definition) is 0. The molecule has 2 fully saturated rings. The summed E-state index contributed by atoms with van der Waals surface area (Å²) in [7, 11) is 0. The molecule has 0 aromatic heterocycles. The third kappa shape index (κ3) is 10.9. The Bertz CT molecular complexity index is 2080. The Balaban J connectivity index is 0.929. The number of esters is 6. The van der Waals surface area contributed by atoms with E-state index in [4.69, 9.17) is 37.9 Å². The summed E-state index contributed by atoms with van der Waals surface area (Å²) in [5.41, 5.74) is 1.76. The summed E-state index contributed by atoms with van der Waals surface area (Å²) in [5, 5.41) is 0. The molecule has 0 bridgehead atoms. The van der Waals surface area contributed by atoms with Gasteiger partial charge in [-0.2, -0.15) is 0 Å². The molecule has 58 heavy (non-hydrogen) atoms. The molecule has 2 unspecified atom stereocenters. The van der Waals surface area contributed by atoms with Gasteiger partial charge >= 0.3 is 35.8 Å². The molecule has 4 atom stereocenters. The van der Waals surface area contributed by atoms with Gasteiger partial charge in [0.25, 0.3) is 0 Å². The average Bonchev–Trinajstić information content (AvgIpc) is 3.83. The van der Waals surface area contributed by atoms with Crippen molar-refractivity contribution in [1.82, 2.24) is 0 Å². The largest absolute Gasteiger partial charge is 0.453 e. The predicted octanol–water partition coefficient (Wildman–Crippen LogP) is 5.66. The van der Waals surface area contributed by atoms with Crippen molar-refractivity contribution in [2.75, 3.05) is 13.2 Å². The number of rotatable bonds is 14. The first-order valence-electron chi connectivity index (χ1n) is 17.6. The van der Waals surface area contributed by atoms with Gasteiger partial charge in [0.15, 0.2) is 12.2 Å². The minimum atomic E-state index is -0.738. The average molecular weight is 787 g/mol. The van der Waals surface area contributed by atoms with Crippen LogP contribution in [0.15, 0.2) is 135 Å². The Kier molecular flexibility index (Phi) is 13.1. The van der Waals surface area contributed by atoms with Gasteiger partial charge < -0.3 is 37.9 Å². The molecule has 6 rings (SSSR count). The fourth-order valence-corrected chi connectivity index (χ4v) is 5.60. The molecule has 2 heterocycles. The standard InChI is InChI=1S/C44H34O14/c1-3-37(45)53-31-15-19-33(20-16-31)55-39(47)23-9-27-5-11-29(12-6-27)43(49)57-35-25-51-42-36(26-52-41(35)42)58-44(50)30-13-7-28(8-14-30)10-24-40(48)56-34-21-17-32(18-22-34)54-38(46)4-2/h3-24,35-36,41-42H,1-2,25-26H2/b23-9+,24-10+/t35-,36+,41?,42?. The molecule has 4 aromatic carbocycles. The van der Waals surface area contributed by atoms with Crippen LogP contribution in [0.5, 0.6) is 23.0 Å². The highest BCUT2D eigenvalue weighted by Crippen LogP contribution is 2.32. The van der Waals surface area contributed by atoms with Crippen LogP contribution in [-0.4, -0.2) is 73.4 Å². The summed E-state index contributed by atoms with van der Waals surface area (Å²) >= 11 is 0. The van der Waals surface area contributed by atoms with Crippen LogP contribution in [0.25, 0.3) is 12.2 Å². The van der Waals surface area contributed by atoms with Crippen LogP contribution in [-0.2, 0) is 38.1 Å². The lowest BCUT2D eigenvalue weighted by molar-refractivity contribution is -0.130. The fourth-order valence-electron chi connectivity index (χ4n) is 5.60. The van der Waals surface area contributed by atoms with Gasteiger partial charge in [-0.1, -0.05) is 37.4 Å². The Morgan fingerprint density at radius 2 is 0.776 bits per heavy atom. The summed E-state index contributed by atoms with van der Waals surface area (Å²) in [5.74, 6) is -2.69. The highest BCUT2D eigenvalue weighted by Gasteiger charge is 2.51. The lowest BCUT2D eigenvalue weighted by atomic mass is 10.1. The SMILES string of the molecule is C=CC(=O)Oc1ccc(OC(=O)/C=C/c2ccc(C(=O)O[C@H]3COC4C3OC[C@H]4OC(=O)c3ccc(/C=C/C(=O)Oc4ccc(OC(=O)C=C)cc4)cc3)cc2)cc1. The van der Waals surface area contributed by atoms with E-state index in [1.165, 1.54) is 72.8 Å². The summed E-state index contributed by atoms with van der Waals surface area (Å²) in [6.07, 6.45) is 4.78. The van der Waals surface area contributed by atoms with E-state index in [0.29, 0.717) is 11.1 Å².